The van der Waals surface area contributed by atoms with Crippen LogP contribution in [0.1, 0.15) is 37.4 Å². The molecule has 2 aromatic rings. The first kappa shape index (κ1) is 13.2. The van der Waals surface area contributed by atoms with Gasteiger partial charge in [-0.15, -0.1) is 0 Å². The zero-order chi connectivity index (χ0) is 15.3. The van der Waals surface area contributed by atoms with E-state index in [0.29, 0.717) is 5.56 Å². The first-order valence-corrected chi connectivity index (χ1v) is 6.28. The first-order valence-electron chi connectivity index (χ1n) is 6.28. The van der Waals surface area contributed by atoms with Crippen molar-refractivity contribution >= 4 is 11.6 Å². The SMILES string of the molecule is COc1c(C)c(O)cc2c1C(=O)c1ccc(O)cc1C2=O. The summed E-state index contributed by atoms with van der Waals surface area (Å²) in [6, 6.07) is 5.28. The van der Waals surface area contributed by atoms with Crippen LogP contribution in [-0.2, 0) is 0 Å². The number of rotatable bonds is 1. The molecule has 0 radical (unpaired) electrons. The highest BCUT2D eigenvalue weighted by Gasteiger charge is 2.34. The van der Waals surface area contributed by atoms with E-state index >= 15 is 0 Å². The molecule has 2 N–H and O–H groups in total. The lowest BCUT2D eigenvalue weighted by Crippen LogP contribution is -2.22. The highest BCUT2D eigenvalue weighted by molar-refractivity contribution is 6.29. The van der Waals surface area contributed by atoms with E-state index < -0.39 is 5.78 Å². The molecule has 5 heteroatoms. The molecule has 0 spiro atoms. The van der Waals surface area contributed by atoms with E-state index in [1.807, 2.05) is 0 Å². The molecular formula is C16H12O5. The van der Waals surface area contributed by atoms with Gasteiger partial charge in [-0.2, -0.15) is 0 Å². The van der Waals surface area contributed by atoms with Crippen molar-refractivity contribution in [2.45, 2.75) is 6.92 Å². The fourth-order valence-corrected chi connectivity index (χ4v) is 2.60. The summed E-state index contributed by atoms with van der Waals surface area (Å²) in [6.45, 7) is 1.61. The minimum Gasteiger partial charge on any atom is -0.508 e. The molecule has 5 nitrogen and oxygen atoms in total. The van der Waals surface area contributed by atoms with Crippen molar-refractivity contribution in [2.75, 3.05) is 7.11 Å². The fraction of sp³-hybridized carbons (Fsp3) is 0.125. The van der Waals surface area contributed by atoms with Gasteiger partial charge in [0.2, 0.25) is 0 Å². The average Bonchev–Trinajstić information content (AvgIpc) is 2.46. The third kappa shape index (κ3) is 1.71. The van der Waals surface area contributed by atoms with Crippen LogP contribution in [-0.4, -0.2) is 28.9 Å². The molecule has 106 valence electrons. The van der Waals surface area contributed by atoms with Gasteiger partial charge in [-0.3, -0.25) is 9.59 Å². The molecule has 0 amide bonds. The van der Waals surface area contributed by atoms with Gasteiger partial charge in [-0.1, -0.05) is 0 Å². The Balaban J connectivity index is 2.38. The van der Waals surface area contributed by atoms with Crippen LogP contribution in [0.4, 0.5) is 0 Å². The van der Waals surface area contributed by atoms with Crippen molar-refractivity contribution in [3.8, 4) is 17.2 Å². The monoisotopic (exact) mass is 284 g/mol. The van der Waals surface area contributed by atoms with Crippen LogP contribution in [0.2, 0.25) is 0 Å². The number of aromatic hydroxyl groups is 2. The molecule has 1 aliphatic carbocycles. The second-order valence-electron chi connectivity index (χ2n) is 4.86. The predicted molar refractivity (Wildman–Crippen MR) is 74.4 cm³/mol. The quantitative estimate of drug-likeness (QED) is 0.715. The van der Waals surface area contributed by atoms with Gasteiger partial charge in [0.15, 0.2) is 11.6 Å². The Morgan fingerprint density at radius 3 is 2.33 bits per heavy atom. The average molecular weight is 284 g/mol. The summed E-state index contributed by atoms with van der Waals surface area (Å²) < 4.78 is 5.20. The molecule has 0 unspecified atom stereocenters. The Morgan fingerprint density at radius 2 is 1.67 bits per heavy atom. The Hall–Kier alpha value is -2.82. The largest absolute Gasteiger partial charge is 0.508 e. The fourth-order valence-electron chi connectivity index (χ4n) is 2.60. The Kier molecular flexibility index (Phi) is 2.73. The van der Waals surface area contributed by atoms with Crippen molar-refractivity contribution in [1.29, 1.82) is 0 Å². The van der Waals surface area contributed by atoms with Gasteiger partial charge in [0.25, 0.3) is 0 Å². The number of benzene rings is 2. The number of fused-ring (bicyclic) bond motifs is 2. The highest BCUT2D eigenvalue weighted by atomic mass is 16.5. The van der Waals surface area contributed by atoms with Crippen molar-refractivity contribution in [1.82, 2.24) is 0 Å². The lowest BCUT2D eigenvalue weighted by molar-refractivity contribution is 0.0976. The van der Waals surface area contributed by atoms with Gasteiger partial charge >= 0.3 is 0 Å². The molecule has 0 bridgehead atoms. The van der Waals surface area contributed by atoms with E-state index in [1.165, 1.54) is 31.4 Å². The molecule has 1 aliphatic rings. The molecule has 0 heterocycles. The number of ketones is 2. The van der Waals surface area contributed by atoms with Crippen molar-refractivity contribution in [3.05, 3.63) is 52.1 Å². The Labute approximate surface area is 120 Å². The van der Waals surface area contributed by atoms with E-state index in [0.717, 1.165) is 0 Å². The third-order valence-electron chi connectivity index (χ3n) is 3.67. The summed E-state index contributed by atoms with van der Waals surface area (Å²) in [5, 5.41) is 19.4. The number of hydrogen-bond acceptors (Lipinski definition) is 5. The first-order chi connectivity index (χ1) is 9.95. The van der Waals surface area contributed by atoms with Crippen LogP contribution in [0.15, 0.2) is 24.3 Å². The molecule has 0 saturated heterocycles. The standard InChI is InChI=1S/C16H12O5/c1-7-12(18)6-11-13(16(7)21-2)15(20)9-4-3-8(17)5-10(9)14(11)19/h3-6,17-18H,1-2H3. The lowest BCUT2D eigenvalue weighted by atomic mass is 9.82. The molecule has 0 atom stereocenters. The van der Waals surface area contributed by atoms with Crippen molar-refractivity contribution in [2.24, 2.45) is 0 Å². The summed E-state index contributed by atoms with van der Waals surface area (Å²) in [5.41, 5.74) is 0.972. The maximum atomic E-state index is 12.6. The highest BCUT2D eigenvalue weighted by Crippen LogP contribution is 2.39. The maximum Gasteiger partial charge on any atom is 0.198 e. The molecule has 2 aromatic carbocycles. The second-order valence-corrected chi connectivity index (χ2v) is 4.86. The minimum atomic E-state index is -0.427. The van der Waals surface area contributed by atoms with Crippen molar-refractivity contribution in [3.63, 3.8) is 0 Å². The molecule has 0 aliphatic heterocycles. The number of methoxy groups -OCH3 is 1. The number of carbonyl (C=O) groups is 2. The van der Waals surface area contributed by atoms with Crippen LogP contribution in [0.3, 0.4) is 0 Å². The molecule has 3 rings (SSSR count). The summed E-state index contributed by atoms with van der Waals surface area (Å²) >= 11 is 0. The summed E-state index contributed by atoms with van der Waals surface area (Å²) in [4.78, 5) is 25.1. The van der Waals surface area contributed by atoms with E-state index in [-0.39, 0.29) is 45.3 Å². The van der Waals surface area contributed by atoms with Gasteiger partial charge in [-0.05, 0) is 31.2 Å². The van der Waals surface area contributed by atoms with Gasteiger partial charge in [-0.25, -0.2) is 0 Å². The molecule has 0 fully saturated rings. The Morgan fingerprint density at radius 1 is 0.952 bits per heavy atom. The van der Waals surface area contributed by atoms with Crippen LogP contribution in [0, 0.1) is 6.92 Å². The predicted octanol–water partition coefficient (Wildman–Crippen LogP) is 2.19. The number of phenolic OH excluding ortho intramolecular Hbond substituents is 2. The van der Waals surface area contributed by atoms with Gasteiger partial charge in [0, 0.05) is 22.3 Å². The van der Waals surface area contributed by atoms with E-state index in [2.05, 4.69) is 0 Å². The third-order valence-corrected chi connectivity index (χ3v) is 3.67. The zero-order valence-electron chi connectivity index (χ0n) is 11.4. The van der Waals surface area contributed by atoms with E-state index in [4.69, 9.17) is 4.74 Å². The van der Waals surface area contributed by atoms with Gasteiger partial charge in [0.05, 0.1) is 12.7 Å². The van der Waals surface area contributed by atoms with E-state index in [1.54, 1.807) is 6.92 Å². The molecular weight excluding hydrogens is 272 g/mol. The number of phenols is 2. The Bertz CT molecular complexity index is 805. The number of hydrogen-bond donors (Lipinski definition) is 2. The normalized spacial score (nSPS) is 12.9. The van der Waals surface area contributed by atoms with Crippen LogP contribution >= 0.6 is 0 Å². The molecule has 0 aromatic heterocycles. The smallest absolute Gasteiger partial charge is 0.198 e. The number of ether oxygens (including phenoxy) is 1. The minimum absolute atomic E-state index is 0.0815. The topological polar surface area (TPSA) is 83.8 Å². The van der Waals surface area contributed by atoms with Crippen LogP contribution < -0.4 is 4.74 Å². The molecule has 21 heavy (non-hydrogen) atoms. The lowest BCUT2D eigenvalue weighted by Gasteiger charge is -2.21. The summed E-state index contributed by atoms with van der Waals surface area (Å²) in [5.74, 6) is -0.803. The maximum absolute atomic E-state index is 12.6. The van der Waals surface area contributed by atoms with Crippen molar-refractivity contribution < 1.29 is 24.5 Å². The van der Waals surface area contributed by atoms with Gasteiger partial charge < -0.3 is 14.9 Å². The second kappa shape index (κ2) is 4.34. The number of carbonyl (C=O) groups excluding carboxylic acids is 2. The van der Waals surface area contributed by atoms with Crippen LogP contribution in [0.25, 0.3) is 0 Å². The summed E-state index contributed by atoms with van der Waals surface area (Å²) in [6.07, 6.45) is 0. The molecule has 0 saturated carbocycles. The van der Waals surface area contributed by atoms with Crippen LogP contribution in [0.5, 0.6) is 17.2 Å². The van der Waals surface area contributed by atoms with Gasteiger partial charge in [0.1, 0.15) is 17.2 Å². The van der Waals surface area contributed by atoms with E-state index in [9.17, 15) is 19.8 Å². The zero-order valence-corrected chi connectivity index (χ0v) is 11.4. The summed E-state index contributed by atoms with van der Waals surface area (Å²) in [7, 11) is 1.38.